The summed E-state index contributed by atoms with van der Waals surface area (Å²) >= 11 is 0. The van der Waals surface area contributed by atoms with Crippen molar-refractivity contribution in [2.24, 2.45) is 0 Å². The molecular weight excluding hydrogens is 334 g/mol. The highest BCUT2D eigenvalue weighted by atomic mass is 16.5. The van der Waals surface area contributed by atoms with Crippen LogP contribution in [0.2, 0.25) is 0 Å². The van der Waals surface area contributed by atoms with Crippen molar-refractivity contribution in [1.82, 2.24) is 15.1 Å². The molecule has 0 spiro atoms. The summed E-state index contributed by atoms with van der Waals surface area (Å²) in [6.45, 7) is 7.89. The number of morpholine rings is 1. The Balaban J connectivity index is 1.66. The van der Waals surface area contributed by atoms with Crippen molar-refractivity contribution in [3.8, 4) is 0 Å². The van der Waals surface area contributed by atoms with Crippen LogP contribution in [-0.2, 0) is 20.9 Å². The summed E-state index contributed by atoms with van der Waals surface area (Å²) < 4.78 is 11.1. The van der Waals surface area contributed by atoms with Crippen LogP contribution < -0.4 is 5.32 Å². The van der Waals surface area contributed by atoms with Crippen molar-refractivity contribution in [1.29, 1.82) is 0 Å². The van der Waals surface area contributed by atoms with Gasteiger partial charge in [-0.3, -0.25) is 14.5 Å². The van der Waals surface area contributed by atoms with E-state index in [2.05, 4.69) is 24.1 Å². The minimum absolute atomic E-state index is 0.0267. The van der Waals surface area contributed by atoms with Crippen molar-refractivity contribution in [3.05, 3.63) is 24.2 Å². The molecule has 3 rings (SSSR count). The number of nitrogens with zero attached hydrogens (tertiary/aromatic N) is 2. The Morgan fingerprint density at radius 3 is 2.85 bits per heavy atom. The predicted octanol–water partition coefficient (Wildman–Crippen LogP) is 1.39. The van der Waals surface area contributed by atoms with E-state index in [1.165, 1.54) is 0 Å². The van der Waals surface area contributed by atoms with Gasteiger partial charge < -0.3 is 19.4 Å². The summed E-state index contributed by atoms with van der Waals surface area (Å²) in [6.07, 6.45) is 5.27. The van der Waals surface area contributed by atoms with Crippen LogP contribution >= 0.6 is 0 Å². The molecule has 0 radical (unpaired) electrons. The van der Waals surface area contributed by atoms with Gasteiger partial charge in [0.1, 0.15) is 0 Å². The van der Waals surface area contributed by atoms with Gasteiger partial charge in [-0.05, 0) is 18.9 Å². The summed E-state index contributed by atoms with van der Waals surface area (Å²) in [6, 6.07) is 1.45. The monoisotopic (exact) mass is 363 g/mol. The molecule has 2 fully saturated rings. The Hall–Kier alpha value is -1.86. The van der Waals surface area contributed by atoms with Crippen molar-refractivity contribution in [2.45, 2.75) is 51.3 Å². The van der Waals surface area contributed by atoms with Gasteiger partial charge in [0.25, 0.3) is 0 Å². The Labute approximate surface area is 154 Å². The molecule has 1 atom stereocenters. The van der Waals surface area contributed by atoms with Crippen LogP contribution in [0.25, 0.3) is 0 Å². The lowest BCUT2D eigenvalue weighted by Crippen LogP contribution is -2.58. The molecule has 0 bridgehead atoms. The molecule has 26 heavy (non-hydrogen) atoms. The van der Waals surface area contributed by atoms with Crippen LogP contribution in [0.15, 0.2) is 23.0 Å². The highest BCUT2D eigenvalue weighted by molar-refractivity contribution is 5.89. The number of amides is 2. The van der Waals surface area contributed by atoms with E-state index >= 15 is 0 Å². The summed E-state index contributed by atoms with van der Waals surface area (Å²) in [5.41, 5.74) is 0.763. The summed E-state index contributed by atoms with van der Waals surface area (Å²) in [7, 11) is 0. The standard InChI is InChI=1S/C19H29N3O4/c1-3-19(4-2)14-22(8-10-26-19)17(23)11-16-18(24)20-6-7-21(16)12-15-5-9-25-13-15/h5,9,13,16H,3-4,6-8,10-12,14H2,1-2H3,(H,20,24)/t16-/m0/s1. The van der Waals surface area contributed by atoms with Crippen molar-refractivity contribution >= 4 is 11.8 Å². The van der Waals surface area contributed by atoms with Gasteiger partial charge in [0.15, 0.2) is 0 Å². The number of furan rings is 1. The van der Waals surface area contributed by atoms with E-state index in [4.69, 9.17) is 9.15 Å². The fourth-order valence-electron chi connectivity index (χ4n) is 3.82. The molecule has 2 saturated heterocycles. The van der Waals surface area contributed by atoms with E-state index in [1.54, 1.807) is 12.5 Å². The topological polar surface area (TPSA) is 75.0 Å². The summed E-state index contributed by atoms with van der Waals surface area (Å²) in [4.78, 5) is 29.3. The van der Waals surface area contributed by atoms with E-state index in [0.717, 1.165) is 24.9 Å². The molecule has 1 aromatic heterocycles. The van der Waals surface area contributed by atoms with Crippen molar-refractivity contribution in [3.63, 3.8) is 0 Å². The van der Waals surface area contributed by atoms with Gasteiger partial charge in [0.2, 0.25) is 11.8 Å². The average molecular weight is 363 g/mol. The first kappa shape index (κ1) is 18.9. The molecule has 7 heteroatoms. The third kappa shape index (κ3) is 4.10. The highest BCUT2D eigenvalue weighted by Gasteiger charge is 2.38. The molecular formula is C19H29N3O4. The number of ether oxygens (including phenoxy) is 1. The van der Waals surface area contributed by atoms with Crippen LogP contribution in [0.1, 0.15) is 38.7 Å². The maximum atomic E-state index is 12.9. The van der Waals surface area contributed by atoms with Gasteiger partial charge in [0.05, 0.1) is 37.2 Å². The first-order valence-corrected chi connectivity index (χ1v) is 9.51. The average Bonchev–Trinajstić information content (AvgIpc) is 3.17. The third-order valence-electron chi connectivity index (χ3n) is 5.67. The summed E-state index contributed by atoms with van der Waals surface area (Å²) in [5.74, 6) is -0.0441. The van der Waals surface area contributed by atoms with Crippen LogP contribution in [0, 0.1) is 0 Å². The Kier molecular flexibility index (Phi) is 5.98. The number of carbonyl (C=O) groups excluding carboxylic acids is 2. The predicted molar refractivity (Wildman–Crippen MR) is 96.4 cm³/mol. The van der Waals surface area contributed by atoms with E-state index < -0.39 is 6.04 Å². The first-order valence-electron chi connectivity index (χ1n) is 9.51. The van der Waals surface area contributed by atoms with E-state index in [1.807, 2.05) is 11.0 Å². The maximum absolute atomic E-state index is 12.9. The minimum Gasteiger partial charge on any atom is -0.472 e. The third-order valence-corrected chi connectivity index (χ3v) is 5.67. The smallest absolute Gasteiger partial charge is 0.237 e. The van der Waals surface area contributed by atoms with Crippen LogP contribution in [0.3, 0.4) is 0 Å². The molecule has 1 N–H and O–H groups in total. The normalized spacial score (nSPS) is 23.7. The Morgan fingerprint density at radius 2 is 2.15 bits per heavy atom. The number of nitrogens with one attached hydrogen (secondary N) is 1. The van der Waals surface area contributed by atoms with Gasteiger partial charge in [-0.25, -0.2) is 0 Å². The van der Waals surface area contributed by atoms with Gasteiger partial charge >= 0.3 is 0 Å². The Morgan fingerprint density at radius 1 is 1.35 bits per heavy atom. The lowest BCUT2D eigenvalue weighted by molar-refractivity contribution is -0.154. The molecule has 144 valence electrons. The summed E-state index contributed by atoms with van der Waals surface area (Å²) in [5, 5.41) is 2.89. The molecule has 2 amide bonds. The molecule has 2 aliphatic rings. The second-order valence-electron chi connectivity index (χ2n) is 7.17. The number of hydrogen-bond donors (Lipinski definition) is 1. The molecule has 1 aromatic rings. The Bertz CT molecular complexity index is 612. The lowest BCUT2D eigenvalue weighted by Gasteiger charge is -2.43. The molecule has 0 saturated carbocycles. The minimum atomic E-state index is -0.438. The van der Waals surface area contributed by atoms with Crippen molar-refractivity contribution < 1.29 is 18.7 Å². The second kappa shape index (κ2) is 8.22. The fourth-order valence-corrected chi connectivity index (χ4v) is 3.82. The zero-order valence-electron chi connectivity index (χ0n) is 15.7. The van der Waals surface area contributed by atoms with Crippen LogP contribution in [0.4, 0.5) is 0 Å². The van der Waals surface area contributed by atoms with Gasteiger partial charge in [-0.15, -0.1) is 0 Å². The molecule has 7 nitrogen and oxygen atoms in total. The SMILES string of the molecule is CCC1(CC)CN(C(=O)C[C@H]2C(=O)NCCN2Cc2ccoc2)CCO1. The zero-order chi connectivity index (χ0) is 18.6. The van der Waals surface area contributed by atoms with Gasteiger partial charge in [-0.2, -0.15) is 0 Å². The van der Waals surface area contributed by atoms with E-state index in [9.17, 15) is 9.59 Å². The maximum Gasteiger partial charge on any atom is 0.237 e. The van der Waals surface area contributed by atoms with Crippen LogP contribution in [0.5, 0.6) is 0 Å². The molecule has 3 heterocycles. The lowest BCUT2D eigenvalue weighted by atomic mass is 9.94. The quantitative estimate of drug-likeness (QED) is 0.827. The molecule has 0 aliphatic carbocycles. The highest BCUT2D eigenvalue weighted by Crippen LogP contribution is 2.26. The second-order valence-corrected chi connectivity index (χ2v) is 7.17. The largest absolute Gasteiger partial charge is 0.472 e. The molecule has 0 aromatic carbocycles. The number of hydrogen-bond acceptors (Lipinski definition) is 5. The van der Waals surface area contributed by atoms with Gasteiger partial charge in [0, 0.05) is 38.3 Å². The first-order chi connectivity index (χ1) is 12.6. The van der Waals surface area contributed by atoms with E-state index in [0.29, 0.717) is 32.8 Å². The zero-order valence-corrected chi connectivity index (χ0v) is 15.7. The number of carbonyl (C=O) groups is 2. The number of rotatable bonds is 6. The molecule has 0 unspecified atom stereocenters. The van der Waals surface area contributed by atoms with Crippen LogP contribution in [-0.4, -0.2) is 66.0 Å². The number of piperazine rings is 1. The van der Waals surface area contributed by atoms with Crippen molar-refractivity contribution in [2.75, 3.05) is 32.8 Å². The fraction of sp³-hybridized carbons (Fsp3) is 0.684. The van der Waals surface area contributed by atoms with Gasteiger partial charge in [-0.1, -0.05) is 13.8 Å². The molecule has 2 aliphatic heterocycles. The van der Waals surface area contributed by atoms with E-state index in [-0.39, 0.29) is 23.8 Å².